The summed E-state index contributed by atoms with van der Waals surface area (Å²) in [6.07, 6.45) is 0.432. The van der Waals surface area contributed by atoms with Crippen molar-refractivity contribution in [2.45, 2.75) is 46.2 Å². The van der Waals surface area contributed by atoms with E-state index in [0.29, 0.717) is 13.0 Å². The predicted molar refractivity (Wildman–Crippen MR) is 81.6 cm³/mol. The van der Waals surface area contributed by atoms with Crippen molar-refractivity contribution in [3.05, 3.63) is 27.7 Å². The van der Waals surface area contributed by atoms with Crippen LogP contribution in [0.25, 0.3) is 0 Å². The molecule has 1 aromatic rings. The fourth-order valence-electron chi connectivity index (χ4n) is 1.73. The van der Waals surface area contributed by atoms with E-state index in [-0.39, 0.29) is 12.2 Å². The topological polar surface area (TPSA) is 21.3 Å². The van der Waals surface area contributed by atoms with Crippen LogP contribution in [-0.4, -0.2) is 18.8 Å². The summed E-state index contributed by atoms with van der Waals surface area (Å²) in [7, 11) is 0. The summed E-state index contributed by atoms with van der Waals surface area (Å²) in [5, 5.41) is 3.45. The quantitative estimate of drug-likeness (QED) is 0.781. The van der Waals surface area contributed by atoms with Crippen LogP contribution < -0.4 is 10.1 Å². The Hall–Kier alpha value is -0.610. The SMILES string of the molecule is Cc1cc(Br)cc(CNC(C)(C)C)c1OCCCF. The molecule has 0 aliphatic carbocycles. The van der Waals surface area contributed by atoms with Gasteiger partial charge in [0.25, 0.3) is 0 Å². The van der Waals surface area contributed by atoms with Gasteiger partial charge < -0.3 is 10.1 Å². The van der Waals surface area contributed by atoms with Gasteiger partial charge in [0.2, 0.25) is 0 Å². The Labute approximate surface area is 123 Å². The van der Waals surface area contributed by atoms with Gasteiger partial charge >= 0.3 is 0 Å². The van der Waals surface area contributed by atoms with E-state index >= 15 is 0 Å². The lowest BCUT2D eigenvalue weighted by Crippen LogP contribution is -2.35. The standard InChI is InChI=1S/C15H23BrFNO/c1-11-8-13(16)9-12(10-18-15(2,3)4)14(11)19-7-5-6-17/h8-9,18H,5-7,10H2,1-4H3. The molecule has 108 valence electrons. The molecular weight excluding hydrogens is 309 g/mol. The molecule has 0 fully saturated rings. The van der Waals surface area contributed by atoms with Crippen molar-refractivity contribution >= 4 is 15.9 Å². The summed E-state index contributed by atoms with van der Waals surface area (Å²) in [4.78, 5) is 0. The van der Waals surface area contributed by atoms with Crippen molar-refractivity contribution in [2.75, 3.05) is 13.3 Å². The van der Waals surface area contributed by atoms with Crippen LogP contribution in [0.4, 0.5) is 4.39 Å². The Kier molecular flexibility index (Phi) is 6.27. The summed E-state index contributed by atoms with van der Waals surface area (Å²) in [5.41, 5.74) is 2.21. The third-order valence-electron chi connectivity index (χ3n) is 2.65. The van der Waals surface area contributed by atoms with Crippen LogP contribution in [0.15, 0.2) is 16.6 Å². The molecule has 0 radical (unpaired) electrons. The van der Waals surface area contributed by atoms with E-state index in [9.17, 15) is 4.39 Å². The summed E-state index contributed by atoms with van der Waals surface area (Å²) < 4.78 is 18.9. The van der Waals surface area contributed by atoms with Crippen LogP contribution in [0.1, 0.15) is 38.3 Å². The lowest BCUT2D eigenvalue weighted by Gasteiger charge is -2.22. The number of aryl methyl sites for hydroxylation is 1. The zero-order chi connectivity index (χ0) is 14.5. The van der Waals surface area contributed by atoms with E-state index < -0.39 is 0 Å². The van der Waals surface area contributed by atoms with Gasteiger partial charge in [-0.15, -0.1) is 0 Å². The summed E-state index contributed by atoms with van der Waals surface area (Å²) in [5.74, 6) is 0.869. The van der Waals surface area contributed by atoms with Crippen LogP contribution in [0.5, 0.6) is 5.75 Å². The number of halogens is 2. The van der Waals surface area contributed by atoms with Gasteiger partial charge in [0, 0.05) is 28.5 Å². The van der Waals surface area contributed by atoms with Crippen LogP contribution in [0.3, 0.4) is 0 Å². The number of benzene rings is 1. The van der Waals surface area contributed by atoms with Gasteiger partial charge in [-0.3, -0.25) is 4.39 Å². The minimum Gasteiger partial charge on any atom is -0.493 e. The van der Waals surface area contributed by atoms with Crippen molar-refractivity contribution in [1.82, 2.24) is 5.32 Å². The van der Waals surface area contributed by atoms with Gasteiger partial charge in [-0.05, 0) is 45.4 Å². The number of ether oxygens (including phenoxy) is 1. The fraction of sp³-hybridized carbons (Fsp3) is 0.600. The van der Waals surface area contributed by atoms with Gasteiger partial charge in [0.05, 0.1) is 13.3 Å². The Morgan fingerprint density at radius 3 is 2.58 bits per heavy atom. The Morgan fingerprint density at radius 2 is 2.00 bits per heavy atom. The molecule has 0 saturated heterocycles. The summed E-state index contributed by atoms with van der Waals surface area (Å²) in [6, 6.07) is 4.07. The zero-order valence-corrected chi connectivity index (χ0v) is 13.7. The molecule has 0 aromatic heterocycles. The first-order valence-electron chi connectivity index (χ1n) is 6.56. The lowest BCUT2D eigenvalue weighted by molar-refractivity contribution is 0.283. The maximum absolute atomic E-state index is 12.2. The Bertz CT molecular complexity index is 415. The molecule has 2 nitrogen and oxygen atoms in total. The lowest BCUT2D eigenvalue weighted by atomic mass is 10.1. The van der Waals surface area contributed by atoms with Crippen LogP contribution in [0.2, 0.25) is 0 Å². The van der Waals surface area contributed by atoms with Crippen molar-refractivity contribution in [1.29, 1.82) is 0 Å². The molecule has 0 unspecified atom stereocenters. The molecule has 0 aliphatic heterocycles. The molecule has 1 rings (SSSR count). The molecule has 0 bridgehead atoms. The molecule has 0 aliphatic rings. The highest BCUT2D eigenvalue weighted by atomic mass is 79.9. The number of rotatable bonds is 6. The average molecular weight is 332 g/mol. The first-order valence-corrected chi connectivity index (χ1v) is 7.35. The van der Waals surface area contributed by atoms with E-state index in [0.717, 1.165) is 27.9 Å². The summed E-state index contributed by atoms with van der Waals surface area (Å²) in [6.45, 7) is 9.20. The van der Waals surface area contributed by atoms with E-state index in [2.05, 4.69) is 48.1 Å². The van der Waals surface area contributed by atoms with E-state index in [1.54, 1.807) is 0 Å². The first-order chi connectivity index (χ1) is 8.83. The maximum atomic E-state index is 12.2. The largest absolute Gasteiger partial charge is 0.493 e. The third kappa shape index (κ3) is 5.91. The van der Waals surface area contributed by atoms with E-state index in [1.165, 1.54) is 0 Å². The highest BCUT2D eigenvalue weighted by molar-refractivity contribution is 9.10. The zero-order valence-electron chi connectivity index (χ0n) is 12.1. The Morgan fingerprint density at radius 1 is 1.32 bits per heavy atom. The maximum Gasteiger partial charge on any atom is 0.126 e. The van der Waals surface area contributed by atoms with Crippen LogP contribution in [-0.2, 0) is 6.54 Å². The minimum absolute atomic E-state index is 0.0480. The number of alkyl halides is 1. The van der Waals surface area contributed by atoms with Gasteiger partial charge in [-0.2, -0.15) is 0 Å². The molecule has 0 spiro atoms. The highest BCUT2D eigenvalue weighted by Crippen LogP contribution is 2.28. The van der Waals surface area contributed by atoms with Crippen molar-refractivity contribution in [2.24, 2.45) is 0 Å². The molecule has 0 heterocycles. The smallest absolute Gasteiger partial charge is 0.126 e. The van der Waals surface area contributed by atoms with Gasteiger partial charge in [0.15, 0.2) is 0 Å². The van der Waals surface area contributed by atoms with Gasteiger partial charge in [0.1, 0.15) is 5.75 Å². The molecular formula is C15H23BrFNO. The van der Waals surface area contributed by atoms with Crippen LogP contribution >= 0.6 is 15.9 Å². The normalized spacial score (nSPS) is 11.7. The summed E-state index contributed by atoms with van der Waals surface area (Å²) >= 11 is 3.51. The van der Waals surface area contributed by atoms with Gasteiger partial charge in [-0.25, -0.2) is 0 Å². The molecule has 0 atom stereocenters. The molecule has 0 saturated carbocycles. The molecule has 1 aromatic carbocycles. The second-order valence-electron chi connectivity index (χ2n) is 5.71. The second-order valence-corrected chi connectivity index (χ2v) is 6.62. The van der Waals surface area contributed by atoms with Crippen LogP contribution in [0, 0.1) is 6.92 Å². The van der Waals surface area contributed by atoms with Crippen molar-refractivity contribution < 1.29 is 9.13 Å². The van der Waals surface area contributed by atoms with E-state index in [1.807, 2.05) is 13.0 Å². The van der Waals surface area contributed by atoms with Crippen molar-refractivity contribution in [3.8, 4) is 5.75 Å². The third-order valence-corrected chi connectivity index (χ3v) is 3.11. The van der Waals surface area contributed by atoms with Gasteiger partial charge in [-0.1, -0.05) is 15.9 Å². The minimum atomic E-state index is -0.342. The molecule has 1 N–H and O–H groups in total. The van der Waals surface area contributed by atoms with Crippen molar-refractivity contribution in [3.63, 3.8) is 0 Å². The fourth-order valence-corrected chi connectivity index (χ4v) is 2.35. The number of hydrogen-bond acceptors (Lipinski definition) is 2. The number of nitrogens with one attached hydrogen (secondary N) is 1. The number of hydrogen-bond donors (Lipinski definition) is 1. The molecule has 4 heteroatoms. The second kappa shape index (κ2) is 7.25. The monoisotopic (exact) mass is 331 g/mol. The predicted octanol–water partition coefficient (Wildman–Crippen LogP) is 4.38. The first kappa shape index (κ1) is 16.4. The average Bonchev–Trinajstić information content (AvgIpc) is 2.28. The molecule has 0 amide bonds. The Balaban J connectivity index is 2.86. The molecule has 19 heavy (non-hydrogen) atoms. The highest BCUT2D eigenvalue weighted by Gasteiger charge is 2.13. The van der Waals surface area contributed by atoms with E-state index in [4.69, 9.17) is 4.74 Å².